The van der Waals surface area contributed by atoms with Gasteiger partial charge in [-0.3, -0.25) is 4.79 Å². The van der Waals surface area contributed by atoms with Crippen LogP contribution in [0.4, 0.5) is 0 Å². The normalized spacial score (nSPS) is 15.3. The highest BCUT2D eigenvalue weighted by Crippen LogP contribution is 2.25. The Balaban J connectivity index is 1.79. The molecule has 0 amide bonds. The molecule has 0 atom stereocenters. The summed E-state index contributed by atoms with van der Waals surface area (Å²) in [5.74, 6) is 0. The molecular formula is C12H14O2S. The van der Waals surface area contributed by atoms with Crippen LogP contribution in [-0.2, 0) is 9.53 Å². The minimum absolute atomic E-state index is 0.0887. The van der Waals surface area contributed by atoms with Crippen molar-refractivity contribution in [1.82, 2.24) is 0 Å². The van der Waals surface area contributed by atoms with E-state index < -0.39 is 0 Å². The van der Waals surface area contributed by atoms with Crippen molar-refractivity contribution < 1.29 is 9.53 Å². The summed E-state index contributed by atoms with van der Waals surface area (Å²) in [6, 6.07) is 7.96. The van der Waals surface area contributed by atoms with Gasteiger partial charge in [0.2, 0.25) is 5.12 Å². The number of carbonyl (C=O) groups excluding carboxylic acids is 1. The number of ether oxygens (including phenoxy) is 1. The molecule has 0 saturated heterocycles. The fourth-order valence-corrected chi connectivity index (χ4v) is 1.85. The van der Waals surface area contributed by atoms with Crippen LogP contribution in [-0.4, -0.2) is 17.8 Å². The maximum Gasteiger partial charge on any atom is 0.219 e. The van der Waals surface area contributed by atoms with Gasteiger partial charge < -0.3 is 4.74 Å². The summed E-state index contributed by atoms with van der Waals surface area (Å²) in [5.41, 5.74) is 1.21. The number of benzene rings is 1. The molecule has 0 radical (unpaired) electrons. The zero-order chi connectivity index (χ0) is 10.7. The quantitative estimate of drug-likeness (QED) is 0.733. The lowest BCUT2D eigenvalue weighted by Gasteiger charge is -2.01. The summed E-state index contributed by atoms with van der Waals surface area (Å²) >= 11 is 1.26. The van der Waals surface area contributed by atoms with Crippen LogP contribution in [0.2, 0.25) is 0 Å². The van der Waals surface area contributed by atoms with Crippen molar-refractivity contribution in [2.45, 2.75) is 30.8 Å². The van der Waals surface area contributed by atoms with Crippen LogP contribution >= 0.6 is 11.8 Å². The van der Waals surface area contributed by atoms with Gasteiger partial charge in [-0.25, -0.2) is 0 Å². The van der Waals surface area contributed by atoms with Crippen molar-refractivity contribution >= 4 is 16.9 Å². The molecule has 0 aromatic heterocycles. The van der Waals surface area contributed by atoms with Gasteiger partial charge in [0.25, 0.3) is 0 Å². The molecule has 1 aliphatic rings. The molecule has 15 heavy (non-hydrogen) atoms. The van der Waals surface area contributed by atoms with Crippen molar-refractivity contribution in [2.24, 2.45) is 0 Å². The molecule has 1 aromatic rings. The van der Waals surface area contributed by atoms with Crippen LogP contribution in [0.1, 0.15) is 18.4 Å². The molecule has 0 spiro atoms. The molecule has 0 unspecified atom stereocenters. The number of aryl methyl sites for hydroxylation is 1. The highest BCUT2D eigenvalue weighted by molar-refractivity contribution is 8.13. The lowest BCUT2D eigenvalue weighted by molar-refractivity contribution is -0.115. The van der Waals surface area contributed by atoms with E-state index in [0.29, 0.717) is 6.10 Å². The van der Waals surface area contributed by atoms with Gasteiger partial charge in [-0.1, -0.05) is 17.7 Å². The fraction of sp³-hybridized carbons (Fsp3) is 0.417. The summed E-state index contributed by atoms with van der Waals surface area (Å²) in [5, 5.41) is 0.0887. The number of carbonyl (C=O) groups is 1. The Morgan fingerprint density at radius 1 is 1.40 bits per heavy atom. The van der Waals surface area contributed by atoms with Crippen molar-refractivity contribution in [3.05, 3.63) is 29.8 Å². The third kappa shape index (κ3) is 3.68. The molecule has 0 heterocycles. The van der Waals surface area contributed by atoms with Gasteiger partial charge in [-0.2, -0.15) is 0 Å². The van der Waals surface area contributed by atoms with Crippen LogP contribution < -0.4 is 0 Å². The average Bonchev–Trinajstić information content (AvgIpc) is 3.02. The molecule has 2 rings (SSSR count). The molecular weight excluding hydrogens is 208 g/mol. The largest absolute Gasteiger partial charge is 0.369 e. The fourth-order valence-electron chi connectivity index (χ4n) is 1.19. The third-order valence-corrected chi connectivity index (χ3v) is 3.07. The van der Waals surface area contributed by atoms with E-state index in [0.717, 1.165) is 17.7 Å². The Hall–Kier alpha value is -0.800. The zero-order valence-electron chi connectivity index (χ0n) is 8.73. The van der Waals surface area contributed by atoms with Crippen molar-refractivity contribution in [1.29, 1.82) is 0 Å². The maximum atomic E-state index is 11.5. The second-order valence-corrected chi connectivity index (χ2v) is 4.93. The summed E-state index contributed by atoms with van der Waals surface area (Å²) in [4.78, 5) is 12.5. The smallest absolute Gasteiger partial charge is 0.219 e. The molecule has 0 aliphatic heterocycles. The Bertz CT molecular complexity index is 341. The highest BCUT2D eigenvalue weighted by Gasteiger charge is 2.23. The Morgan fingerprint density at radius 2 is 2.07 bits per heavy atom. The number of thioether (sulfide) groups is 1. The van der Waals surface area contributed by atoms with Crippen molar-refractivity contribution in [2.75, 3.05) is 6.61 Å². The van der Waals surface area contributed by atoms with Crippen LogP contribution in [0.25, 0.3) is 0 Å². The Kier molecular flexibility index (Phi) is 3.44. The predicted octanol–water partition coefficient (Wildman–Crippen LogP) is 2.79. The molecule has 2 nitrogen and oxygen atoms in total. The first-order valence-corrected chi connectivity index (χ1v) is 5.94. The first-order chi connectivity index (χ1) is 7.24. The number of hydrogen-bond acceptors (Lipinski definition) is 3. The molecule has 80 valence electrons. The van der Waals surface area contributed by atoms with E-state index in [4.69, 9.17) is 4.74 Å². The minimum Gasteiger partial charge on any atom is -0.369 e. The minimum atomic E-state index is 0.0887. The van der Waals surface area contributed by atoms with E-state index in [-0.39, 0.29) is 11.7 Å². The predicted molar refractivity (Wildman–Crippen MR) is 61.0 cm³/mol. The van der Waals surface area contributed by atoms with Gasteiger partial charge in [0.1, 0.15) is 6.61 Å². The lowest BCUT2D eigenvalue weighted by Crippen LogP contribution is -2.05. The van der Waals surface area contributed by atoms with E-state index in [2.05, 4.69) is 0 Å². The molecule has 1 aromatic carbocycles. The van der Waals surface area contributed by atoms with E-state index >= 15 is 0 Å². The van der Waals surface area contributed by atoms with E-state index in [9.17, 15) is 4.79 Å². The van der Waals surface area contributed by atoms with Gasteiger partial charge >= 0.3 is 0 Å². The van der Waals surface area contributed by atoms with Crippen LogP contribution in [0.5, 0.6) is 0 Å². The summed E-state index contributed by atoms with van der Waals surface area (Å²) in [7, 11) is 0. The second-order valence-electron chi connectivity index (χ2n) is 3.80. The summed E-state index contributed by atoms with van der Waals surface area (Å²) in [6.07, 6.45) is 2.58. The SMILES string of the molecule is Cc1ccc(SC(=O)COC2CC2)cc1. The van der Waals surface area contributed by atoms with Crippen LogP contribution in [0.3, 0.4) is 0 Å². The molecule has 1 saturated carbocycles. The topological polar surface area (TPSA) is 26.3 Å². The van der Waals surface area contributed by atoms with E-state index in [1.54, 1.807) is 0 Å². The molecule has 1 fully saturated rings. The van der Waals surface area contributed by atoms with Gasteiger partial charge in [0.05, 0.1) is 6.10 Å². The van der Waals surface area contributed by atoms with Crippen LogP contribution in [0, 0.1) is 6.92 Å². The van der Waals surface area contributed by atoms with Crippen molar-refractivity contribution in [3.63, 3.8) is 0 Å². The Labute approximate surface area is 94.0 Å². The standard InChI is InChI=1S/C12H14O2S/c1-9-2-6-11(7-3-9)15-12(13)8-14-10-4-5-10/h2-3,6-7,10H,4-5,8H2,1H3. The maximum absolute atomic E-state index is 11.5. The first kappa shape index (κ1) is 10.7. The van der Waals surface area contributed by atoms with Crippen LogP contribution in [0.15, 0.2) is 29.2 Å². The molecule has 1 aliphatic carbocycles. The highest BCUT2D eigenvalue weighted by atomic mass is 32.2. The molecule has 0 bridgehead atoms. The van der Waals surface area contributed by atoms with E-state index in [1.807, 2.05) is 31.2 Å². The van der Waals surface area contributed by atoms with Crippen molar-refractivity contribution in [3.8, 4) is 0 Å². The van der Waals surface area contributed by atoms with Gasteiger partial charge in [-0.05, 0) is 43.7 Å². The summed E-state index contributed by atoms with van der Waals surface area (Å²) < 4.78 is 5.34. The second kappa shape index (κ2) is 4.81. The lowest BCUT2D eigenvalue weighted by atomic mass is 10.2. The van der Waals surface area contributed by atoms with Gasteiger partial charge in [-0.15, -0.1) is 0 Å². The average molecular weight is 222 g/mol. The number of rotatable bonds is 4. The molecule has 3 heteroatoms. The monoisotopic (exact) mass is 222 g/mol. The zero-order valence-corrected chi connectivity index (χ0v) is 9.55. The van der Waals surface area contributed by atoms with Gasteiger partial charge in [0.15, 0.2) is 0 Å². The summed E-state index contributed by atoms with van der Waals surface area (Å²) in [6.45, 7) is 2.27. The number of hydrogen-bond donors (Lipinski definition) is 0. The van der Waals surface area contributed by atoms with Gasteiger partial charge in [0, 0.05) is 4.90 Å². The third-order valence-electron chi connectivity index (χ3n) is 2.21. The Morgan fingerprint density at radius 3 is 2.67 bits per heavy atom. The molecule has 0 N–H and O–H groups in total. The first-order valence-electron chi connectivity index (χ1n) is 5.13. The van der Waals surface area contributed by atoms with E-state index in [1.165, 1.54) is 17.3 Å².